The van der Waals surface area contributed by atoms with Gasteiger partial charge in [-0.2, -0.15) is 5.10 Å². The average molecular weight is 448 g/mol. The summed E-state index contributed by atoms with van der Waals surface area (Å²) < 4.78 is 6.35. The molecule has 0 radical (unpaired) electrons. The van der Waals surface area contributed by atoms with E-state index >= 15 is 0 Å². The third-order valence-corrected chi connectivity index (χ3v) is 5.07. The molecule has 1 heterocycles. The molecule has 0 aliphatic carbocycles. The maximum Gasteiger partial charge on any atom is 0.288 e. The Morgan fingerprint density at radius 2 is 1.83 bits per heavy atom. The molecule has 0 fully saturated rings. The van der Waals surface area contributed by atoms with Crippen LogP contribution in [0.1, 0.15) is 16.1 Å². The fourth-order valence-corrected chi connectivity index (χ4v) is 3.41. The lowest BCUT2D eigenvalue weighted by Gasteiger charge is -2.05. The molecule has 0 unspecified atom stereocenters. The highest BCUT2D eigenvalue weighted by Gasteiger charge is 2.19. The van der Waals surface area contributed by atoms with Gasteiger partial charge in [0, 0.05) is 20.9 Å². The van der Waals surface area contributed by atoms with Gasteiger partial charge in [0.1, 0.15) is 11.4 Å². The van der Waals surface area contributed by atoms with E-state index in [1.54, 1.807) is 13.3 Å². The summed E-state index contributed by atoms with van der Waals surface area (Å²) in [4.78, 5) is 16.1. The zero-order valence-electron chi connectivity index (χ0n) is 15.6. The van der Waals surface area contributed by atoms with Gasteiger partial charge in [-0.05, 0) is 41.5 Å². The summed E-state index contributed by atoms with van der Waals surface area (Å²) in [6.45, 7) is 0. The molecule has 0 aliphatic rings. The number of hydrogen-bond acceptors (Lipinski definition) is 3. The van der Waals surface area contributed by atoms with Crippen LogP contribution in [0.2, 0.25) is 0 Å². The summed E-state index contributed by atoms with van der Waals surface area (Å²) >= 11 is 3.40. The van der Waals surface area contributed by atoms with Gasteiger partial charge in [-0.1, -0.05) is 58.4 Å². The van der Waals surface area contributed by atoms with Crippen molar-refractivity contribution in [3.05, 3.63) is 88.5 Å². The molecule has 4 aromatic rings. The predicted molar refractivity (Wildman–Crippen MR) is 119 cm³/mol. The van der Waals surface area contributed by atoms with Crippen LogP contribution in [0.4, 0.5) is 0 Å². The molecule has 1 amide bonds. The number of halogens is 1. The smallest absolute Gasteiger partial charge is 0.288 e. The van der Waals surface area contributed by atoms with Crippen LogP contribution in [0, 0.1) is 0 Å². The molecule has 0 aliphatic heterocycles. The number of aromatic nitrogens is 1. The van der Waals surface area contributed by atoms with Gasteiger partial charge >= 0.3 is 0 Å². The fraction of sp³-hybridized carbons (Fsp3) is 0.0435. The molecule has 5 nitrogen and oxygen atoms in total. The van der Waals surface area contributed by atoms with Gasteiger partial charge in [0.2, 0.25) is 0 Å². The number of ether oxygens (including phenoxy) is 1. The standard InChI is InChI=1S/C23H18BrN3O2/c1-29-18-11-12-20-19(13-18)21(16-5-3-2-4-6-16)22(26-20)23(28)27-25-14-15-7-9-17(24)10-8-15/h2-14,26H,1H3,(H,27,28). The number of rotatable bonds is 5. The van der Waals surface area contributed by atoms with E-state index in [-0.39, 0.29) is 5.91 Å². The van der Waals surface area contributed by atoms with Gasteiger partial charge < -0.3 is 9.72 Å². The highest BCUT2D eigenvalue weighted by molar-refractivity contribution is 9.10. The van der Waals surface area contributed by atoms with Crippen molar-refractivity contribution in [1.29, 1.82) is 0 Å². The second-order valence-corrected chi connectivity index (χ2v) is 7.32. The Kier molecular flexibility index (Phi) is 5.44. The summed E-state index contributed by atoms with van der Waals surface area (Å²) in [7, 11) is 1.63. The lowest BCUT2D eigenvalue weighted by molar-refractivity contribution is 0.0951. The number of aromatic amines is 1. The average Bonchev–Trinajstić information content (AvgIpc) is 3.14. The summed E-state index contributed by atoms with van der Waals surface area (Å²) in [6.07, 6.45) is 1.61. The van der Waals surface area contributed by atoms with Gasteiger partial charge in [-0.3, -0.25) is 4.79 Å². The van der Waals surface area contributed by atoms with Crippen LogP contribution in [0.25, 0.3) is 22.0 Å². The van der Waals surface area contributed by atoms with Crippen LogP contribution in [-0.4, -0.2) is 24.2 Å². The number of nitrogens with zero attached hydrogens (tertiary/aromatic N) is 1. The molecule has 1 aromatic heterocycles. The van der Waals surface area contributed by atoms with Crippen LogP contribution < -0.4 is 10.2 Å². The molecule has 0 saturated heterocycles. The number of H-pyrrole nitrogens is 1. The maximum atomic E-state index is 12.9. The summed E-state index contributed by atoms with van der Waals surface area (Å²) in [5.74, 6) is 0.418. The summed E-state index contributed by atoms with van der Waals surface area (Å²) in [6, 6.07) is 23.1. The van der Waals surface area contributed by atoms with Crippen LogP contribution in [0.3, 0.4) is 0 Å². The number of hydrazone groups is 1. The Balaban J connectivity index is 1.70. The van der Waals surface area contributed by atoms with E-state index in [0.717, 1.165) is 37.8 Å². The topological polar surface area (TPSA) is 66.5 Å². The van der Waals surface area contributed by atoms with E-state index in [1.807, 2.05) is 72.8 Å². The Bertz CT molecular complexity index is 1180. The highest BCUT2D eigenvalue weighted by Crippen LogP contribution is 2.34. The second-order valence-electron chi connectivity index (χ2n) is 6.40. The van der Waals surface area contributed by atoms with E-state index in [4.69, 9.17) is 4.74 Å². The number of nitrogens with one attached hydrogen (secondary N) is 2. The minimum atomic E-state index is -0.313. The largest absolute Gasteiger partial charge is 0.497 e. The Morgan fingerprint density at radius 1 is 1.07 bits per heavy atom. The highest BCUT2D eigenvalue weighted by atomic mass is 79.9. The van der Waals surface area contributed by atoms with Crippen molar-refractivity contribution < 1.29 is 9.53 Å². The molecule has 0 saturated carbocycles. The van der Waals surface area contributed by atoms with Gasteiger partial charge in [0.05, 0.1) is 13.3 Å². The Morgan fingerprint density at radius 3 is 2.55 bits per heavy atom. The van der Waals surface area contributed by atoms with E-state index < -0.39 is 0 Å². The molecule has 0 atom stereocenters. The molecule has 0 bridgehead atoms. The SMILES string of the molecule is COc1ccc2[nH]c(C(=O)NN=Cc3ccc(Br)cc3)c(-c3ccccc3)c2c1. The molecule has 3 aromatic carbocycles. The molecule has 4 rings (SSSR count). The van der Waals surface area contributed by atoms with Crippen molar-refractivity contribution in [2.45, 2.75) is 0 Å². The number of benzene rings is 3. The first-order valence-corrected chi connectivity index (χ1v) is 9.79. The van der Waals surface area contributed by atoms with E-state index in [1.165, 1.54) is 0 Å². The van der Waals surface area contributed by atoms with Crippen LogP contribution in [0.15, 0.2) is 82.4 Å². The number of carbonyl (C=O) groups is 1. The van der Waals surface area contributed by atoms with E-state index in [9.17, 15) is 4.79 Å². The molecule has 2 N–H and O–H groups in total. The van der Waals surface area contributed by atoms with Gasteiger partial charge in [-0.15, -0.1) is 0 Å². The second kappa shape index (κ2) is 8.32. The van der Waals surface area contributed by atoms with Crippen LogP contribution in [-0.2, 0) is 0 Å². The monoisotopic (exact) mass is 447 g/mol. The first-order valence-electron chi connectivity index (χ1n) is 9.00. The minimum absolute atomic E-state index is 0.313. The van der Waals surface area contributed by atoms with Crippen molar-refractivity contribution in [3.63, 3.8) is 0 Å². The van der Waals surface area contributed by atoms with Crippen molar-refractivity contribution in [2.75, 3.05) is 7.11 Å². The molecular formula is C23H18BrN3O2. The van der Waals surface area contributed by atoms with Gasteiger partial charge in [0.25, 0.3) is 5.91 Å². The number of amides is 1. The number of carbonyl (C=O) groups excluding carboxylic acids is 1. The Hall–Kier alpha value is -3.38. The zero-order chi connectivity index (χ0) is 20.2. The summed E-state index contributed by atoms with van der Waals surface area (Å²) in [5, 5.41) is 5.02. The third kappa shape index (κ3) is 4.07. The van der Waals surface area contributed by atoms with Gasteiger partial charge in [0.15, 0.2) is 0 Å². The number of hydrogen-bond donors (Lipinski definition) is 2. The first kappa shape index (κ1) is 19.0. The normalized spacial score (nSPS) is 11.1. The maximum absolute atomic E-state index is 12.9. The molecule has 144 valence electrons. The van der Waals surface area contributed by atoms with Crippen molar-refractivity contribution in [3.8, 4) is 16.9 Å². The predicted octanol–water partition coefficient (Wildman–Crippen LogP) is 5.37. The summed E-state index contributed by atoms with van der Waals surface area (Å²) in [5.41, 5.74) is 6.56. The minimum Gasteiger partial charge on any atom is -0.497 e. The number of methoxy groups -OCH3 is 1. The molecule has 0 spiro atoms. The van der Waals surface area contributed by atoms with E-state index in [2.05, 4.69) is 31.4 Å². The van der Waals surface area contributed by atoms with Crippen molar-refractivity contribution in [2.24, 2.45) is 5.10 Å². The number of fused-ring (bicyclic) bond motifs is 1. The molecular weight excluding hydrogens is 430 g/mol. The Labute approximate surface area is 176 Å². The lowest BCUT2D eigenvalue weighted by atomic mass is 10.0. The van der Waals surface area contributed by atoms with Crippen LogP contribution in [0.5, 0.6) is 5.75 Å². The molecule has 29 heavy (non-hydrogen) atoms. The van der Waals surface area contributed by atoms with Gasteiger partial charge in [-0.25, -0.2) is 5.43 Å². The van der Waals surface area contributed by atoms with Crippen molar-refractivity contribution >= 4 is 39.0 Å². The quantitative estimate of drug-likeness (QED) is 0.319. The molecule has 6 heteroatoms. The third-order valence-electron chi connectivity index (χ3n) is 4.54. The van der Waals surface area contributed by atoms with Crippen LogP contribution >= 0.6 is 15.9 Å². The van der Waals surface area contributed by atoms with E-state index in [0.29, 0.717) is 5.69 Å². The lowest BCUT2D eigenvalue weighted by Crippen LogP contribution is -2.18. The first-order chi connectivity index (χ1) is 14.2. The zero-order valence-corrected chi connectivity index (χ0v) is 17.2. The van der Waals surface area contributed by atoms with Crippen molar-refractivity contribution in [1.82, 2.24) is 10.4 Å². The fourth-order valence-electron chi connectivity index (χ4n) is 3.14.